The molecule has 76 valence electrons. The fraction of sp³-hybridized carbons (Fsp3) is 0.364. The van der Waals surface area contributed by atoms with E-state index in [-0.39, 0.29) is 18.4 Å². The van der Waals surface area contributed by atoms with Gasteiger partial charge in [0.25, 0.3) is 0 Å². The molecule has 1 atom stereocenters. The number of halogens is 1. The van der Waals surface area contributed by atoms with E-state index >= 15 is 0 Å². The summed E-state index contributed by atoms with van der Waals surface area (Å²) in [4.78, 5) is 0. The molecule has 0 bridgehead atoms. The van der Waals surface area contributed by atoms with Crippen LogP contribution < -0.4 is 5.73 Å². The number of aryl methyl sites for hydroxylation is 1. The van der Waals surface area contributed by atoms with E-state index in [1.54, 1.807) is 0 Å². The fourth-order valence-electron chi connectivity index (χ4n) is 1.38. The lowest BCUT2D eigenvalue weighted by Gasteiger charge is -2.12. The molecule has 0 heterocycles. The highest BCUT2D eigenvalue weighted by atomic mass is 35.5. The zero-order valence-corrected chi connectivity index (χ0v) is 9.27. The van der Waals surface area contributed by atoms with Gasteiger partial charge in [0.2, 0.25) is 0 Å². The van der Waals surface area contributed by atoms with Crippen molar-refractivity contribution in [3.8, 4) is 6.07 Å². The molecule has 0 unspecified atom stereocenters. The van der Waals surface area contributed by atoms with Crippen LogP contribution in [-0.4, -0.2) is 0 Å². The molecule has 14 heavy (non-hydrogen) atoms. The van der Waals surface area contributed by atoms with Crippen LogP contribution in [0.25, 0.3) is 0 Å². The highest BCUT2D eigenvalue weighted by Crippen LogP contribution is 2.20. The van der Waals surface area contributed by atoms with Crippen molar-refractivity contribution in [2.45, 2.75) is 26.3 Å². The summed E-state index contributed by atoms with van der Waals surface area (Å²) >= 11 is 0. The van der Waals surface area contributed by atoms with Gasteiger partial charge in [-0.15, -0.1) is 12.4 Å². The Balaban J connectivity index is 0.00000169. The lowest BCUT2D eigenvalue weighted by atomic mass is 9.97. The largest absolute Gasteiger partial charge is 0.323 e. The maximum absolute atomic E-state index is 8.53. The average molecular weight is 211 g/mol. The van der Waals surface area contributed by atoms with Crippen molar-refractivity contribution < 1.29 is 0 Å². The molecule has 0 fully saturated rings. The Morgan fingerprint density at radius 3 is 2.64 bits per heavy atom. The maximum Gasteiger partial charge on any atom is 0.0641 e. The third-order valence-corrected chi connectivity index (χ3v) is 2.36. The first-order chi connectivity index (χ1) is 6.16. The number of benzene rings is 1. The minimum absolute atomic E-state index is 0. The van der Waals surface area contributed by atoms with E-state index in [0.717, 1.165) is 5.56 Å². The molecule has 1 rings (SSSR count). The van der Waals surface area contributed by atoms with E-state index in [0.29, 0.717) is 6.42 Å². The summed E-state index contributed by atoms with van der Waals surface area (Å²) in [6.07, 6.45) is 0.379. The fourth-order valence-corrected chi connectivity index (χ4v) is 1.38. The van der Waals surface area contributed by atoms with Crippen LogP contribution in [0, 0.1) is 25.2 Å². The number of nitrogens with two attached hydrogens (primary N) is 1. The molecule has 0 aliphatic heterocycles. The van der Waals surface area contributed by atoms with Gasteiger partial charge in [0, 0.05) is 6.04 Å². The second-order valence-corrected chi connectivity index (χ2v) is 3.26. The quantitative estimate of drug-likeness (QED) is 0.816. The van der Waals surface area contributed by atoms with Gasteiger partial charge in [-0.1, -0.05) is 18.2 Å². The normalized spacial score (nSPS) is 11.3. The van der Waals surface area contributed by atoms with Crippen molar-refractivity contribution in [2.75, 3.05) is 0 Å². The molecule has 0 radical (unpaired) electrons. The van der Waals surface area contributed by atoms with Gasteiger partial charge in [-0.3, -0.25) is 0 Å². The van der Waals surface area contributed by atoms with Crippen molar-refractivity contribution in [1.29, 1.82) is 5.26 Å². The van der Waals surface area contributed by atoms with Gasteiger partial charge in [0.15, 0.2) is 0 Å². The monoisotopic (exact) mass is 210 g/mol. The zero-order valence-electron chi connectivity index (χ0n) is 8.45. The molecule has 0 aliphatic carbocycles. The molecule has 2 nitrogen and oxygen atoms in total. The molecule has 2 N–H and O–H groups in total. The lowest BCUT2D eigenvalue weighted by molar-refractivity contribution is 0.741. The van der Waals surface area contributed by atoms with Crippen molar-refractivity contribution in [3.05, 3.63) is 34.9 Å². The minimum Gasteiger partial charge on any atom is -0.323 e. The number of rotatable bonds is 2. The maximum atomic E-state index is 8.53. The number of hydrogen-bond donors (Lipinski definition) is 1. The zero-order chi connectivity index (χ0) is 9.84. The van der Waals surface area contributed by atoms with Crippen LogP contribution in [0.1, 0.15) is 29.2 Å². The predicted octanol–water partition coefficient (Wildman–Crippen LogP) is 2.64. The van der Waals surface area contributed by atoms with Crippen molar-refractivity contribution >= 4 is 12.4 Å². The van der Waals surface area contributed by atoms with Crippen LogP contribution in [0.15, 0.2) is 18.2 Å². The molecule has 0 saturated carbocycles. The predicted molar refractivity (Wildman–Crippen MR) is 60.3 cm³/mol. The summed E-state index contributed by atoms with van der Waals surface area (Å²) in [6, 6.07) is 7.96. The first-order valence-electron chi connectivity index (χ1n) is 4.35. The molecule has 0 aromatic heterocycles. The van der Waals surface area contributed by atoms with Crippen LogP contribution in [0.4, 0.5) is 0 Å². The Hall–Kier alpha value is -1.04. The Morgan fingerprint density at radius 1 is 1.43 bits per heavy atom. The van der Waals surface area contributed by atoms with E-state index in [4.69, 9.17) is 11.0 Å². The molecule has 0 spiro atoms. The van der Waals surface area contributed by atoms with Crippen LogP contribution in [-0.2, 0) is 0 Å². The molecule has 0 saturated heterocycles. The summed E-state index contributed by atoms with van der Waals surface area (Å²) in [5, 5.41) is 8.53. The van der Waals surface area contributed by atoms with Crippen LogP contribution in [0.5, 0.6) is 0 Å². The molecule has 1 aromatic rings. The highest BCUT2D eigenvalue weighted by molar-refractivity contribution is 5.85. The summed E-state index contributed by atoms with van der Waals surface area (Å²) in [5.74, 6) is 0. The number of nitrogens with zero attached hydrogens (tertiary/aromatic N) is 1. The summed E-state index contributed by atoms with van der Waals surface area (Å²) < 4.78 is 0. The van der Waals surface area contributed by atoms with Gasteiger partial charge in [-0.05, 0) is 30.5 Å². The molecule has 0 aliphatic rings. The Labute approximate surface area is 91.1 Å². The van der Waals surface area contributed by atoms with Gasteiger partial charge in [0.1, 0.15) is 0 Å². The average Bonchev–Trinajstić information content (AvgIpc) is 2.10. The smallest absolute Gasteiger partial charge is 0.0641 e. The molecular formula is C11H15ClN2. The topological polar surface area (TPSA) is 49.8 Å². The first kappa shape index (κ1) is 13.0. The van der Waals surface area contributed by atoms with E-state index in [1.165, 1.54) is 11.1 Å². The van der Waals surface area contributed by atoms with E-state index in [1.807, 2.05) is 19.1 Å². The van der Waals surface area contributed by atoms with Gasteiger partial charge in [0.05, 0.1) is 12.5 Å². The van der Waals surface area contributed by atoms with Gasteiger partial charge in [-0.25, -0.2) is 0 Å². The van der Waals surface area contributed by atoms with Crippen molar-refractivity contribution in [1.82, 2.24) is 0 Å². The van der Waals surface area contributed by atoms with Gasteiger partial charge >= 0.3 is 0 Å². The third-order valence-electron chi connectivity index (χ3n) is 2.36. The van der Waals surface area contributed by atoms with E-state index in [2.05, 4.69) is 19.1 Å². The Kier molecular flexibility index (Phi) is 5.22. The molecular weight excluding hydrogens is 196 g/mol. The summed E-state index contributed by atoms with van der Waals surface area (Å²) in [6.45, 7) is 4.10. The molecule has 0 amide bonds. The third kappa shape index (κ3) is 2.73. The van der Waals surface area contributed by atoms with E-state index < -0.39 is 0 Å². The standard InChI is InChI=1S/C11H14N2.ClH/c1-8-4-3-5-10(9(8)2)11(13)6-7-12;/h3-5,11H,6,13H2,1-2H3;1H/t11-;/m0./s1. The Morgan fingerprint density at radius 2 is 2.07 bits per heavy atom. The SMILES string of the molecule is Cc1cccc([C@@H](N)CC#N)c1C.Cl. The van der Waals surface area contributed by atoms with Crippen LogP contribution in [0.3, 0.4) is 0 Å². The second-order valence-electron chi connectivity index (χ2n) is 3.26. The summed E-state index contributed by atoms with van der Waals surface area (Å²) in [5.41, 5.74) is 9.36. The minimum atomic E-state index is -0.148. The lowest BCUT2D eigenvalue weighted by Crippen LogP contribution is -2.11. The van der Waals surface area contributed by atoms with Crippen molar-refractivity contribution in [3.63, 3.8) is 0 Å². The second kappa shape index (κ2) is 5.64. The number of hydrogen-bond acceptors (Lipinski definition) is 2. The van der Waals surface area contributed by atoms with Crippen LogP contribution >= 0.6 is 12.4 Å². The van der Waals surface area contributed by atoms with Gasteiger partial charge < -0.3 is 5.73 Å². The van der Waals surface area contributed by atoms with Gasteiger partial charge in [-0.2, -0.15) is 5.26 Å². The van der Waals surface area contributed by atoms with Crippen molar-refractivity contribution in [2.24, 2.45) is 5.73 Å². The molecule has 3 heteroatoms. The highest BCUT2D eigenvalue weighted by Gasteiger charge is 2.08. The molecule has 1 aromatic carbocycles. The van der Waals surface area contributed by atoms with E-state index in [9.17, 15) is 0 Å². The summed E-state index contributed by atoms with van der Waals surface area (Å²) in [7, 11) is 0. The van der Waals surface area contributed by atoms with Crippen LogP contribution in [0.2, 0.25) is 0 Å². The Bertz CT molecular complexity index is 342. The first-order valence-corrected chi connectivity index (χ1v) is 4.35. The number of nitriles is 1.